The number of rotatable bonds is 7. The maximum atomic E-state index is 12.1. The highest BCUT2D eigenvalue weighted by molar-refractivity contribution is 14.1. The summed E-state index contributed by atoms with van der Waals surface area (Å²) in [6.07, 6.45) is 0. The molecule has 0 aliphatic carbocycles. The van der Waals surface area contributed by atoms with E-state index in [-0.39, 0.29) is 29.8 Å². The fourth-order valence-electron chi connectivity index (χ4n) is 2.07. The van der Waals surface area contributed by atoms with Crippen LogP contribution in [0.5, 0.6) is 0 Å². The third-order valence-corrected chi connectivity index (χ3v) is 5.49. The Morgan fingerprint density at radius 1 is 0.962 bits per heavy atom. The van der Waals surface area contributed by atoms with Crippen LogP contribution >= 0.6 is 22.6 Å². The number of carbonyl (C=O) groups is 2. The predicted octanol–water partition coefficient (Wildman–Crippen LogP) is 1.96. The molecule has 0 radical (unpaired) electrons. The Balaban J connectivity index is 1.82. The number of amides is 2. The minimum absolute atomic E-state index is 0.0734. The Hall–Kier alpha value is -1.98. The van der Waals surface area contributed by atoms with Gasteiger partial charge in [-0.15, -0.1) is 0 Å². The third-order valence-electron chi connectivity index (χ3n) is 3.29. The van der Waals surface area contributed by atoms with Crippen molar-refractivity contribution >= 4 is 50.1 Å². The number of hydrogen-bond acceptors (Lipinski definition) is 4. The van der Waals surface area contributed by atoms with Gasteiger partial charge in [0.25, 0.3) is 5.91 Å². The molecule has 0 saturated heterocycles. The Morgan fingerprint density at radius 2 is 1.58 bits per heavy atom. The van der Waals surface area contributed by atoms with Crippen molar-refractivity contribution in [1.29, 1.82) is 0 Å². The zero-order valence-electron chi connectivity index (χ0n) is 14.0. The minimum atomic E-state index is -3.60. The van der Waals surface area contributed by atoms with E-state index in [0.717, 1.165) is 3.57 Å². The predicted molar refractivity (Wildman–Crippen MR) is 107 cm³/mol. The third kappa shape index (κ3) is 6.07. The van der Waals surface area contributed by atoms with Crippen molar-refractivity contribution in [3.8, 4) is 0 Å². The van der Waals surface area contributed by atoms with E-state index in [1.165, 1.54) is 19.1 Å². The molecule has 0 aliphatic rings. The molecule has 0 aromatic heterocycles. The standard InChI is InChI=1S/C17H18IN3O4S/c1-12(22)21-15-6-2-13(3-7-15)17(23)19-10-11-20-26(24,25)16-8-4-14(18)5-9-16/h2-9,20H,10-11H2,1H3,(H,19,23)(H,21,22). The van der Waals surface area contributed by atoms with Crippen LogP contribution in [0, 0.1) is 3.57 Å². The molecule has 0 fully saturated rings. The molecule has 0 unspecified atom stereocenters. The molecule has 0 spiro atoms. The summed E-state index contributed by atoms with van der Waals surface area (Å²) in [5.41, 5.74) is 1.01. The first-order valence-electron chi connectivity index (χ1n) is 7.69. The van der Waals surface area contributed by atoms with E-state index in [9.17, 15) is 18.0 Å². The quantitative estimate of drug-likeness (QED) is 0.410. The number of nitrogens with one attached hydrogen (secondary N) is 3. The molecule has 0 atom stereocenters. The molecule has 7 nitrogen and oxygen atoms in total. The highest BCUT2D eigenvalue weighted by Gasteiger charge is 2.13. The molecule has 2 amide bonds. The number of benzene rings is 2. The number of halogens is 1. The van der Waals surface area contributed by atoms with Crippen LogP contribution in [-0.2, 0) is 14.8 Å². The maximum Gasteiger partial charge on any atom is 0.251 e. The normalized spacial score (nSPS) is 11.0. The molecule has 0 heterocycles. The Kier molecular flexibility index (Phi) is 7.12. The largest absolute Gasteiger partial charge is 0.351 e. The van der Waals surface area contributed by atoms with Crippen LogP contribution in [0.25, 0.3) is 0 Å². The molecule has 2 rings (SSSR count). The molecule has 2 aromatic rings. The van der Waals surface area contributed by atoms with Crippen molar-refractivity contribution in [2.45, 2.75) is 11.8 Å². The van der Waals surface area contributed by atoms with Gasteiger partial charge < -0.3 is 10.6 Å². The summed E-state index contributed by atoms with van der Waals surface area (Å²) in [6.45, 7) is 1.62. The van der Waals surface area contributed by atoms with E-state index in [2.05, 4.69) is 37.9 Å². The van der Waals surface area contributed by atoms with Crippen LogP contribution in [0.1, 0.15) is 17.3 Å². The number of anilines is 1. The molecule has 2 aromatic carbocycles. The Bertz CT molecular complexity index is 881. The second-order valence-electron chi connectivity index (χ2n) is 5.37. The van der Waals surface area contributed by atoms with Gasteiger partial charge in [0.15, 0.2) is 0 Å². The molecule has 0 saturated carbocycles. The number of hydrogen-bond donors (Lipinski definition) is 3. The average Bonchev–Trinajstić information content (AvgIpc) is 2.59. The summed E-state index contributed by atoms with van der Waals surface area (Å²) in [7, 11) is -3.60. The fourth-order valence-corrected chi connectivity index (χ4v) is 3.46. The zero-order chi connectivity index (χ0) is 19.2. The average molecular weight is 487 g/mol. The van der Waals surface area contributed by atoms with E-state index < -0.39 is 10.0 Å². The van der Waals surface area contributed by atoms with Crippen LogP contribution < -0.4 is 15.4 Å². The first-order chi connectivity index (χ1) is 12.3. The minimum Gasteiger partial charge on any atom is -0.351 e. The lowest BCUT2D eigenvalue weighted by atomic mass is 10.2. The highest BCUT2D eigenvalue weighted by atomic mass is 127. The molecular formula is C17H18IN3O4S. The molecular weight excluding hydrogens is 469 g/mol. The molecule has 3 N–H and O–H groups in total. The van der Waals surface area contributed by atoms with E-state index in [0.29, 0.717) is 11.3 Å². The van der Waals surface area contributed by atoms with Gasteiger partial charge in [-0.05, 0) is 71.1 Å². The highest BCUT2D eigenvalue weighted by Crippen LogP contribution is 2.12. The van der Waals surface area contributed by atoms with E-state index >= 15 is 0 Å². The van der Waals surface area contributed by atoms with Crippen LogP contribution in [0.3, 0.4) is 0 Å². The SMILES string of the molecule is CC(=O)Nc1ccc(C(=O)NCCNS(=O)(=O)c2ccc(I)cc2)cc1. The monoisotopic (exact) mass is 487 g/mol. The van der Waals surface area contributed by atoms with E-state index in [1.807, 2.05) is 0 Å². The van der Waals surface area contributed by atoms with Gasteiger partial charge in [-0.1, -0.05) is 0 Å². The van der Waals surface area contributed by atoms with Gasteiger partial charge >= 0.3 is 0 Å². The lowest BCUT2D eigenvalue weighted by molar-refractivity contribution is -0.114. The van der Waals surface area contributed by atoms with Crippen molar-refractivity contribution in [3.63, 3.8) is 0 Å². The summed E-state index contributed by atoms with van der Waals surface area (Å²) in [5, 5.41) is 5.25. The molecule has 0 bridgehead atoms. The van der Waals surface area contributed by atoms with Gasteiger partial charge in [-0.3, -0.25) is 9.59 Å². The molecule has 0 aliphatic heterocycles. The lowest BCUT2D eigenvalue weighted by Crippen LogP contribution is -2.34. The molecule has 9 heteroatoms. The van der Waals surface area contributed by atoms with Gasteiger partial charge in [0.1, 0.15) is 0 Å². The van der Waals surface area contributed by atoms with Crippen LogP contribution in [0.2, 0.25) is 0 Å². The van der Waals surface area contributed by atoms with Gasteiger partial charge in [-0.25, -0.2) is 13.1 Å². The summed E-state index contributed by atoms with van der Waals surface area (Å²) < 4.78 is 27.6. The zero-order valence-corrected chi connectivity index (χ0v) is 16.9. The van der Waals surface area contributed by atoms with Crippen LogP contribution in [0.15, 0.2) is 53.4 Å². The first-order valence-corrected chi connectivity index (χ1v) is 10.3. The summed E-state index contributed by atoms with van der Waals surface area (Å²) in [4.78, 5) is 23.2. The summed E-state index contributed by atoms with van der Waals surface area (Å²) in [6, 6.07) is 12.9. The van der Waals surface area contributed by atoms with E-state index in [4.69, 9.17) is 0 Å². The van der Waals surface area contributed by atoms with Gasteiger partial charge in [0, 0.05) is 34.8 Å². The molecule has 138 valence electrons. The summed E-state index contributed by atoms with van der Waals surface area (Å²) >= 11 is 2.10. The summed E-state index contributed by atoms with van der Waals surface area (Å²) in [5.74, 6) is -0.518. The van der Waals surface area contributed by atoms with Crippen LogP contribution in [0.4, 0.5) is 5.69 Å². The van der Waals surface area contributed by atoms with Crippen molar-refractivity contribution in [3.05, 3.63) is 57.7 Å². The fraction of sp³-hybridized carbons (Fsp3) is 0.176. The maximum absolute atomic E-state index is 12.1. The van der Waals surface area contributed by atoms with Crippen molar-refractivity contribution in [2.24, 2.45) is 0 Å². The molecule has 26 heavy (non-hydrogen) atoms. The van der Waals surface area contributed by atoms with Crippen molar-refractivity contribution in [1.82, 2.24) is 10.0 Å². The lowest BCUT2D eigenvalue weighted by Gasteiger charge is -2.09. The van der Waals surface area contributed by atoms with Gasteiger partial charge in [0.05, 0.1) is 4.90 Å². The Morgan fingerprint density at radius 3 is 2.15 bits per heavy atom. The second kappa shape index (κ2) is 9.10. The first kappa shape index (κ1) is 20.3. The number of carbonyl (C=O) groups excluding carboxylic acids is 2. The Labute approximate surface area is 165 Å². The van der Waals surface area contributed by atoms with Crippen molar-refractivity contribution in [2.75, 3.05) is 18.4 Å². The topological polar surface area (TPSA) is 104 Å². The smallest absolute Gasteiger partial charge is 0.251 e. The van der Waals surface area contributed by atoms with Gasteiger partial charge in [-0.2, -0.15) is 0 Å². The second-order valence-corrected chi connectivity index (χ2v) is 8.38. The van der Waals surface area contributed by atoms with Crippen LogP contribution in [-0.4, -0.2) is 33.3 Å². The van der Waals surface area contributed by atoms with Crippen molar-refractivity contribution < 1.29 is 18.0 Å². The number of sulfonamides is 1. The van der Waals surface area contributed by atoms with Gasteiger partial charge in [0.2, 0.25) is 15.9 Å². The van der Waals surface area contributed by atoms with E-state index in [1.54, 1.807) is 36.4 Å².